The zero-order chi connectivity index (χ0) is 28.3. The lowest BCUT2D eigenvalue weighted by Crippen LogP contribution is -2.40. The Kier molecular flexibility index (Phi) is 7.85. The summed E-state index contributed by atoms with van der Waals surface area (Å²) < 4.78 is 9.96. The average molecular weight is 558 g/mol. The number of para-hydroxylation sites is 2. The molecule has 4 heterocycles. The third-order valence-corrected chi connectivity index (χ3v) is 8.73. The highest BCUT2D eigenvalue weighted by Gasteiger charge is 2.29. The molecule has 41 heavy (non-hydrogen) atoms. The average Bonchev–Trinajstić information content (AvgIpc) is 3.80. The molecule has 0 atom stereocenters. The molecule has 2 fully saturated rings. The van der Waals surface area contributed by atoms with Crippen LogP contribution in [-0.4, -0.2) is 55.4 Å². The van der Waals surface area contributed by atoms with Gasteiger partial charge in [-0.2, -0.15) is 0 Å². The molecule has 1 aliphatic heterocycles. The van der Waals surface area contributed by atoms with Crippen LogP contribution in [-0.2, 0) is 17.9 Å². The van der Waals surface area contributed by atoms with E-state index >= 15 is 0 Å². The van der Waals surface area contributed by atoms with Crippen molar-refractivity contribution >= 4 is 22.8 Å². The van der Waals surface area contributed by atoms with E-state index in [0.29, 0.717) is 50.5 Å². The van der Waals surface area contributed by atoms with Crippen molar-refractivity contribution in [1.29, 1.82) is 0 Å². The maximum absolute atomic E-state index is 13.3. The molecule has 1 saturated heterocycles. The molecule has 0 bridgehead atoms. The van der Waals surface area contributed by atoms with Crippen LogP contribution in [0.4, 0.5) is 0 Å². The van der Waals surface area contributed by atoms with Gasteiger partial charge in [0, 0.05) is 43.5 Å². The number of likely N-dealkylation sites (tertiary alicyclic amines) is 1. The van der Waals surface area contributed by atoms with Gasteiger partial charge in [0.25, 0.3) is 5.91 Å². The number of hydrogen-bond donors (Lipinski definition) is 1. The molecule has 0 spiro atoms. The van der Waals surface area contributed by atoms with E-state index in [1.165, 1.54) is 0 Å². The van der Waals surface area contributed by atoms with Crippen molar-refractivity contribution in [2.24, 2.45) is 5.92 Å². The number of carbonyl (C=O) groups excluding carboxylic acids is 2. The minimum absolute atomic E-state index is 0.0508. The number of rotatable bonds is 9. The van der Waals surface area contributed by atoms with E-state index in [0.717, 1.165) is 55.4 Å². The first-order valence-corrected chi connectivity index (χ1v) is 15.0. The zero-order valence-corrected chi connectivity index (χ0v) is 23.8. The summed E-state index contributed by atoms with van der Waals surface area (Å²) in [5.41, 5.74) is 2.70. The monoisotopic (exact) mass is 557 g/mol. The summed E-state index contributed by atoms with van der Waals surface area (Å²) in [5.74, 6) is 1.36. The molecule has 0 radical (unpaired) electrons. The van der Waals surface area contributed by atoms with Crippen molar-refractivity contribution in [3.05, 3.63) is 82.4 Å². The first kappa shape index (κ1) is 27.2. The third kappa shape index (κ3) is 5.62. The Morgan fingerprint density at radius 1 is 1.00 bits per heavy atom. The third-order valence-electron chi connectivity index (χ3n) is 8.73. The van der Waals surface area contributed by atoms with Crippen molar-refractivity contribution in [2.45, 2.75) is 71.0 Å². The van der Waals surface area contributed by atoms with Crippen molar-refractivity contribution in [2.75, 3.05) is 19.6 Å². The first-order valence-electron chi connectivity index (χ1n) is 15.0. The summed E-state index contributed by atoms with van der Waals surface area (Å²) in [7, 11) is 0. The molecule has 6 rings (SSSR count). The normalized spacial score (nSPS) is 16.6. The zero-order valence-electron chi connectivity index (χ0n) is 23.8. The van der Waals surface area contributed by atoms with Crippen LogP contribution in [0.1, 0.15) is 79.9 Å². The number of imidazole rings is 1. The second-order valence-corrected chi connectivity index (χ2v) is 11.5. The predicted molar refractivity (Wildman–Crippen MR) is 157 cm³/mol. The predicted octanol–water partition coefficient (Wildman–Crippen LogP) is 5.18. The van der Waals surface area contributed by atoms with Gasteiger partial charge >= 0.3 is 5.69 Å². The van der Waals surface area contributed by atoms with Crippen molar-refractivity contribution in [1.82, 2.24) is 23.9 Å². The Labute approximate surface area is 239 Å². The Bertz CT molecular complexity index is 1560. The van der Waals surface area contributed by atoms with E-state index in [-0.39, 0.29) is 29.5 Å². The number of carbonyl (C=O) groups is 2. The van der Waals surface area contributed by atoms with Crippen LogP contribution in [0.15, 0.2) is 63.9 Å². The van der Waals surface area contributed by atoms with Gasteiger partial charge in [0.05, 0.1) is 24.1 Å². The first-order chi connectivity index (χ1) is 20.0. The summed E-state index contributed by atoms with van der Waals surface area (Å²) in [6.07, 6.45) is 8.65. The summed E-state index contributed by atoms with van der Waals surface area (Å²) in [4.78, 5) is 45.8. The smallest absolute Gasteiger partial charge is 0.326 e. The molecule has 4 aromatic rings. The van der Waals surface area contributed by atoms with Crippen molar-refractivity contribution < 1.29 is 14.0 Å². The number of amides is 2. The fraction of sp³-hybridized carbons (Fsp3) is 0.469. The van der Waals surface area contributed by atoms with E-state index in [2.05, 4.69) is 22.5 Å². The molecule has 1 aromatic carbocycles. The van der Waals surface area contributed by atoms with Gasteiger partial charge in [-0.15, -0.1) is 0 Å². The summed E-state index contributed by atoms with van der Waals surface area (Å²) in [6.45, 7) is 5.08. The molecule has 1 N–H and O–H groups in total. The van der Waals surface area contributed by atoms with E-state index in [4.69, 9.17) is 4.42 Å². The minimum atomic E-state index is -0.120. The van der Waals surface area contributed by atoms with Crippen LogP contribution in [0.2, 0.25) is 0 Å². The van der Waals surface area contributed by atoms with Crippen molar-refractivity contribution in [3.63, 3.8) is 0 Å². The Morgan fingerprint density at radius 2 is 1.78 bits per heavy atom. The molecule has 216 valence electrons. The summed E-state index contributed by atoms with van der Waals surface area (Å²) in [6, 6.07) is 15.4. The Hall–Kier alpha value is -4.01. The summed E-state index contributed by atoms with van der Waals surface area (Å²) in [5, 5.41) is 0. The van der Waals surface area contributed by atoms with Gasteiger partial charge in [0.15, 0.2) is 5.76 Å². The van der Waals surface area contributed by atoms with Crippen molar-refractivity contribution in [3.8, 4) is 0 Å². The van der Waals surface area contributed by atoms with Gasteiger partial charge in [-0.25, -0.2) is 4.79 Å². The second-order valence-electron chi connectivity index (χ2n) is 11.5. The van der Waals surface area contributed by atoms with Crippen LogP contribution in [0.25, 0.3) is 11.0 Å². The van der Waals surface area contributed by atoms with E-state index < -0.39 is 0 Å². The number of fused-ring (bicyclic) bond motifs is 1. The molecule has 1 aliphatic carbocycles. The number of nitrogens with zero attached hydrogens (tertiary/aromatic N) is 4. The minimum Gasteiger partial charge on any atom is -0.454 e. The molecule has 9 heteroatoms. The van der Waals surface area contributed by atoms with Gasteiger partial charge in [-0.1, -0.05) is 31.9 Å². The fourth-order valence-corrected chi connectivity index (χ4v) is 6.58. The van der Waals surface area contributed by atoms with Crippen LogP contribution in [0.3, 0.4) is 0 Å². The number of aromatic nitrogens is 3. The van der Waals surface area contributed by atoms with E-state index in [1.54, 1.807) is 6.07 Å². The lowest BCUT2D eigenvalue weighted by molar-refractivity contribution is -0.136. The van der Waals surface area contributed by atoms with Gasteiger partial charge in [0.1, 0.15) is 5.76 Å². The highest BCUT2D eigenvalue weighted by Crippen LogP contribution is 2.28. The topological polar surface area (TPSA) is 96.5 Å². The van der Waals surface area contributed by atoms with Gasteiger partial charge in [-0.3, -0.25) is 14.2 Å². The molecule has 3 aromatic heterocycles. The molecule has 2 amide bonds. The Balaban J connectivity index is 1.08. The maximum atomic E-state index is 13.3. The van der Waals surface area contributed by atoms with Gasteiger partial charge < -0.3 is 23.8 Å². The number of aromatic amines is 1. The van der Waals surface area contributed by atoms with Crippen LogP contribution >= 0.6 is 0 Å². The molecular formula is C32H39N5O4. The molecule has 1 saturated carbocycles. The quantitative estimate of drug-likeness (QED) is 0.307. The standard InChI is InChI=1S/C32H39N5O4/c1-2-17-36(30(38)23-8-3-4-9-23)21-25-10-7-18-35(25)22-26-13-14-29(41-26)31(39)34-19-15-24(16-20-34)37-28-12-6-5-11-27(28)33-32(37)40/h5-7,10-14,18,23-24H,2-4,8-9,15-17,19-22H2,1H3,(H,33,40). The highest BCUT2D eigenvalue weighted by molar-refractivity contribution is 5.91. The van der Waals surface area contributed by atoms with Crippen LogP contribution in [0, 0.1) is 5.92 Å². The molecular weight excluding hydrogens is 518 g/mol. The molecule has 2 aliphatic rings. The van der Waals surface area contributed by atoms with Gasteiger partial charge in [0.2, 0.25) is 5.91 Å². The maximum Gasteiger partial charge on any atom is 0.326 e. The number of furan rings is 1. The SMILES string of the molecule is CCCN(Cc1cccn1Cc1ccc(C(=O)N2CCC(n3c(=O)[nH]c4ccccc43)CC2)o1)C(=O)C1CCCC1. The molecule has 0 unspecified atom stereocenters. The van der Waals surface area contributed by atoms with Crippen LogP contribution in [0.5, 0.6) is 0 Å². The Morgan fingerprint density at radius 3 is 2.56 bits per heavy atom. The number of hydrogen-bond acceptors (Lipinski definition) is 4. The number of nitrogens with one attached hydrogen (secondary N) is 1. The number of H-pyrrole nitrogens is 1. The lowest BCUT2D eigenvalue weighted by Gasteiger charge is -2.32. The number of benzene rings is 1. The largest absolute Gasteiger partial charge is 0.454 e. The summed E-state index contributed by atoms with van der Waals surface area (Å²) >= 11 is 0. The second kappa shape index (κ2) is 11.8. The molecule has 9 nitrogen and oxygen atoms in total. The number of piperidine rings is 1. The fourth-order valence-electron chi connectivity index (χ4n) is 6.58. The van der Waals surface area contributed by atoms with Gasteiger partial charge in [-0.05, 0) is 68.5 Å². The van der Waals surface area contributed by atoms with E-state index in [9.17, 15) is 14.4 Å². The van der Waals surface area contributed by atoms with Crippen LogP contribution < -0.4 is 5.69 Å². The highest BCUT2D eigenvalue weighted by atomic mass is 16.4. The lowest BCUT2D eigenvalue weighted by atomic mass is 10.0. The van der Waals surface area contributed by atoms with E-state index in [1.807, 2.05) is 57.0 Å².